The average Bonchev–Trinajstić information content (AvgIpc) is 2.69. The molecule has 0 radical (unpaired) electrons. The van der Waals surface area contributed by atoms with Gasteiger partial charge in [0.05, 0.1) is 21.6 Å². The average molecular weight is 355 g/mol. The molecule has 2 heterocycles. The van der Waals surface area contributed by atoms with E-state index < -0.39 is 10.8 Å². The third-order valence-corrected chi connectivity index (χ3v) is 6.88. The smallest absolute Gasteiger partial charge is 0.0920 e. The van der Waals surface area contributed by atoms with Crippen molar-refractivity contribution in [1.29, 1.82) is 0 Å². The Morgan fingerprint density at radius 1 is 0.808 bits per heavy atom. The predicted octanol–water partition coefficient (Wildman–Crippen LogP) is 5.42. The minimum Gasteiger partial charge on any atom is -0.256 e. The Labute approximate surface area is 155 Å². The number of fused-ring (bicyclic) bond motifs is 4. The first kappa shape index (κ1) is 15.5. The van der Waals surface area contributed by atoms with Crippen LogP contribution in [-0.2, 0) is 10.8 Å². The van der Waals surface area contributed by atoms with Crippen LogP contribution in [0.1, 0.15) is 21.9 Å². The Morgan fingerprint density at radius 3 is 2.42 bits per heavy atom. The number of aryl methyl sites for hydroxylation is 1. The monoisotopic (exact) mass is 355 g/mol. The molecule has 2 nitrogen and oxygen atoms in total. The summed E-state index contributed by atoms with van der Waals surface area (Å²) in [5, 5.41) is 0.914. The SMILES string of the molecule is Cc1ccnc2c(C3c4ccccc4-c4ccccc4S3=O)cccc12. The highest BCUT2D eigenvalue weighted by Gasteiger charge is 2.33. The van der Waals surface area contributed by atoms with E-state index in [2.05, 4.69) is 42.2 Å². The molecule has 4 aromatic rings. The molecule has 0 N–H and O–H groups in total. The van der Waals surface area contributed by atoms with Gasteiger partial charge in [0.15, 0.2) is 0 Å². The maximum absolute atomic E-state index is 13.6. The van der Waals surface area contributed by atoms with Crippen LogP contribution in [0.15, 0.2) is 83.9 Å². The van der Waals surface area contributed by atoms with Gasteiger partial charge in [0.2, 0.25) is 0 Å². The summed E-state index contributed by atoms with van der Waals surface area (Å²) in [5.74, 6) is 0. The zero-order chi connectivity index (χ0) is 17.7. The van der Waals surface area contributed by atoms with E-state index in [0.717, 1.165) is 38.1 Å². The van der Waals surface area contributed by atoms with Crippen LogP contribution < -0.4 is 0 Å². The first-order valence-corrected chi connectivity index (χ1v) is 9.90. The lowest BCUT2D eigenvalue weighted by Crippen LogP contribution is -2.16. The molecule has 2 unspecified atom stereocenters. The number of hydrogen-bond donors (Lipinski definition) is 0. The van der Waals surface area contributed by atoms with E-state index in [0.29, 0.717) is 0 Å². The van der Waals surface area contributed by atoms with Crippen LogP contribution in [-0.4, -0.2) is 9.19 Å². The normalized spacial score (nSPS) is 18.3. The highest BCUT2D eigenvalue weighted by molar-refractivity contribution is 7.85. The third kappa shape index (κ3) is 2.17. The molecule has 0 spiro atoms. The molecule has 0 aliphatic carbocycles. The van der Waals surface area contributed by atoms with Crippen LogP contribution in [0, 0.1) is 6.92 Å². The number of benzene rings is 3. The maximum atomic E-state index is 13.6. The van der Waals surface area contributed by atoms with Gasteiger partial charge in [-0.3, -0.25) is 9.19 Å². The van der Waals surface area contributed by atoms with E-state index in [1.807, 2.05) is 48.7 Å². The van der Waals surface area contributed by atoms with Crippen molar-refractivity contribution in [1.82, 2.24) is 4.98 Å². The van der Waals surface area contributed by atoms with Crippen LogP contribution in [0.4, 0.5) is 0 Å². The van der Waals surface area contributed by atoms with Gasteiger partial charge in [-0.2, -0.15) is 0 Å². The van der Waals surface area contributed by atoms with Crippen molar-refractivity contribution in [2.45, 2.75) is 17.1 Å². The van der Waals surface area contributed by atoms with Crippen molar-refractivity contribution in [3.05, 3.63) is 95.7 Å². The molecule has 1 aromatic heterocycles. The van der Waals surface area contributed by atoms with Crippen molar-refractivity contribution in [3.63, 3.8) is 0 Å². The van der Waals surface area contributed by atoms with E-state index in [4.69, 9.17) is 0 Å². The molecule has 3 heteroatoms. The number of rotatable bonds is 1. The number of pyridine rings is 1. The minimum atomic E-state index is -1.17. The quantitative estimate of drug-likeness (QED) is 0.456. The van der Waals surface area contributed by atoms with Crippen LogP contribution in [0.3, 0.4) is 0 Å². The Balaban J connectivity index is 1.84. The van der Waals surface area contributed by atoms with Gasteiger partial charge >= 0.3 is 0 Å². The standard InChI is InChI=1S/C23H17NOS/c1-15-13-14-24-22-16(15)10-6-11-20(22)23-19-9-3-2-7-17(19)18-8-4-5-12-21(18)26(23)25/h2-14,23H,1H3. The molecular weight excluding hydrogens is 338 g/mol. The second-order valence-corrected chi connectivity index (χ2v) is 8.14. The fourth-order valence-corrected chi connectivity index (χ4v) is 5.63. The van der Waals surface area contributed by atoms with Crippen LogP contribution in [0.25, 0.3) is 22.0 Å². The topological polar surface area (TPSA) is 30.0 Å². The van der Waals surface area contributed by atoms with Crippen LogP contribution >= 0.6 is 0 Å². The molecule has 26 heavy (non-hydrogen) atoms. The minimum absolute atomic E-state index is 0.209. The van der Waals surface area contributed by atoms with E-state index in [-0.39, 0.29) is 5.25 Å². The van der Waals surface area contributed by atoms with Gasteiger partial charge in [-0.1, -0.05) is 60.7 Å². The molecular formula is C23H17NOS. The van der Waals surface area contributed by atoms with Gasteiger partial charge < -0.3 is 0 Å². The number of aromatic nitrogens is 1. The third-order valence-electron chi connectivity index (χ3n) is 5.15. The van der Waals surface area contributed by atoms with Gasteiger partial charge in [0, 0.05) is 16.5 Å². The first-order chi connectivity index (χ1) is 12.8. The lowest BCUT2D eigenvalue weighted by Gasteiger charge is -2.28. The molecule has 0 fully saturated rings. The molecule has 2 atom stereocenters. The molecule has 0 bridgehead atoms. The van der Waals surface area contributed by atoms with Crippen molar-refractivity contribution in [2.75, 3.05) is 0 Å². The number of nitrogens with zero attached hydrogens (tertiary/aromatic N) is 1. The van der Waals surface area contributed by atoms with Gasteiger partial charge in [0.25, 0.3) is 0 Å². The van der Waals surface area contributed by atoms with Gasteiger partial charge in [-0.15, -0.1) is 0 Å². The summed E-state index contributed by atoms with van der Waals surface area (Å²) >= 11 is 0. The zero-order valence-corrected chi connectivity index (χ0v) is 15.2. The van der Waals surface area contributed by atoms with E-state index in [1.165, 1.54) is 5.56 Å². The van der Waals surface area contributed by atoms with E-state index in [1.54, 1.807) is 0 Å². The van der Waals surface area contributed by atoms with Crippen molar-refractivity contribution >= 4 is 21.7 Å². The second kappa shape index (κ2) is 5.89. The summed E-state index contributed by atoms with van der Waals surface area (Å²) < 4.78 is 13.6. The molecule has 0 amide bonds. The van der Waals surface area contributed by atoms with E-state index in [9.17, 15) is 4.21 Å². The summed E-state index contributed by atoms with van der Waals surface area (Å²) in [6.07, 6.45) is 1.84. The first-order valence-electron chi connectivity index (χ1n) is 8.69. The van der Waals surface area contributed by atoms with Gasteiger partial charge in [-0.25, -0.2) is 0 Å². The molecule has 1 aliphatic rings. The second-order valence-electron chi connectivity index (χ2n) is 6.63. The largest absolute Gasteiger partial charge is 0.256 e. The molecule has 3 aromatic carbocycles. The molecule has 5 rings (SSSR count). The zero-order valence-electron chi connectivity index (χ0n) is 14.3. The van der Waals surface area contributed by atoms with Crippen LogP contribution in [0.2, 0.25) is 0 Å². The summed E-state index contributed by atoms with van der Waals surface area (Å²) in [6, 6.07) is 24.6. The summed E-state index contributed by atoms with van der Waals surface area (Å²) in [7, 11) is -1.17. The predicted molar refractivity (Wildman–Crippen MR) is 107 cm³/mol. The van der Waals surface area contributed by atoms with Crippen molar-refractivity contribution in [3.8, 4) is 11.1 Å². The van der Waals surface area contributed by atoms with Crippen LogP contribution in [0.5, 0.6) is 0 Å². The lowest BCUT2D eigenvalue weighted by atomic mass is 9.92. The lowest BCUT2D eigenvalue weighted by molar-refractivity contribution is 0.677. The van der Waals surface area contributed by atoms with E-state index >= 15 is 0 Å². The highest BCUT2D eigenvalue weighted by Crippen LogP contribution is 2.46. The molecule has 1 aliphatic heterocycles. The maximum Gasteiger partial charge on any atom is 0.0920 e. The molecule has 0 saturated carbocycles. The number of hydrogen-bond acceptors (Lipinski definition) is 2. The van der Waals surface area contributed by atoms with Gasteiger partial charge in [0.1, 0.15) is 0 Å². The summed E-state index contributed by atoms with van der Waals surface area (Å²) in [6.45, 7) is 2.09. The van der Waals surface area contributed by atoms with Gasteiger partial charge in [-0.05, 0) is 46.9 Å². The Kier molecular flexibility index (Phi) is 3.50. The summed E-state index contributed by atoms with van der Waals surface area (Å²) in [5.41, 5.74) is 6.51. The Bertz CT molecular complexity index is 1180. The number of para-hydroxylation sites is 1. The highest BCUT2D eigenvalue weighted by atomic mass is 32.2. The molecule has 0 saturated heterocycles. The van der Waals surface area contributed by atoms with Crippen molar-refractivity contribution < 1.29 is 4.21 Å². The fourth-order valence-electron chi connectivity index (χ4n) is 3.91. The summed E-state index contributed by atoms with van der Waals surface area (Å²) in [4.78, 5) is 5.55. The van der Waals surface area contributed by atoms with Crippen molar-refractivity contribution in [2.24, 2.45) is 0 Å². The molecule has 126 valence electrons. The fraction of sp³-hybridized carbons (Fsp3) is 0.0870. The Hall–Kier alpha value is -2.78. The Morgan fingerprint density at radius 2 is 1.54 bits per heavy atom.